The number of carbonyl (C=O) groups excluding carboxylic acids is 1. The van der Waals surface area contributed by atoms with Gasteiger partial charge in [0.05, 0.1) is 11.4 Å². The van der Waals surface area contributed by atoms with Gasteiger partial charge in [0.25, 0.3) is 0 Å². The molecule has 2 N–H and O–H groups in total. The normalized spacial score (nSPS) is 16.3. The molecule has 30 heavy (non-hydrogen) atoms. The summed E-state index contributed by atoms with van der Waals surface area (Å²) in [6.07, 6.45) is 4.91. The summed E-state index contributed by atoms with van der Waals surface area (Å²) in [7, 11) is 0. The van der Waals surface area contributed by atoms with Crippen molar-refractivity contribution >= 4 is 11.7 Å². The molecule has 8 heteroatoms. The third kappa shape index (κ3) is 4.76. The Hall–Kier alpha value is -3.42. The fourth-order valence-corrected chi connectivity index (χ4v) is 3.71. The summed E-state index contributed by atoms with van der Waals surface area (Å²) in [6.45, 7) is 3.76. The van der Waals surface area contributed by atoms with Crippen LogP contribution in [0.15, 0.2) is 55.1 Å². The predicted molar refractivity (Wildman–Crippen MR) is 113 cm³/mol. The van der Waals surface area contributed by atoms with Gasteiger partial charge in [-0.25, -0.2) is 18.9 Å². The van der Waals surface area contributed by atoms with Gasteiger partial charge in [-0.3, -0.25) is 0 Å². The SMILES string of the molecule is Cc1ccc(F)c(N2CCCC(NC(=O)NCc3ccc(-n4cncn4)cc3)C2)c1. The largest absolute Gasteiger partial charge is 0.367 e. The monoisotopic (exact) mass is 408 g/mol. The Balaban J connectivity index is 1.29. The van der Waals surface area contributed by atoms with Crippen LogP contribution in [-0.2, 0) is 6.54 Å². The number of amides is 2. The van der Waals surface area contributed by atoms with E-state index < -0.39 is 0 Å². The van der Waals surface area contributed by atoms with Crippen LogP contribution in [-0.4, -0.2) is 39.9 Å². The Bertz CT molecular complexity index is 989. The number of aromatic nitrogens is 3. The van der Waals surface area contributed by atoms with Crippen molar-refractivity contribution in [1.29, 1.82) is 0 Å². The van der Waals surface area contributed by atoms with Gasteiger partial charge in [-0.2, -0.15) is 5.10 Å². The zero-order valence-corrected chi connectivity index (χ0v) is 16.9. The first-order valence-electron chi connectivity index (χ1n) is 10.1. The molecule has 1 unspecified atom stereocenters. The van der Waals surface area contributed by atoms with Gasteiger partial charge in [-0.15, -0.1) is 0 Å². The topological polar surface area (TPSA) is 75.1 Å². The molecule has 0 bridgehead atoms. The van der Waals surface area contributed by atoms with Gasteiger partial charge in [0, 0.05) is 25.7 Å². The first-order valence-corrected chi connectivity index (χ1v) is 10.1. The second-order valence-corrected chi connectivity index (χ2v) is 7.57. The summed E-state index contributed by atoms with van der Waals surface area (Å²) >= 11 is 0. The minimum absolute atomic E-state index is 0.0200. The van der Waals surface area contributed by atoms with E-state index in [0.29, 0.717) is 18.8 Å². The lowest BCUT2D eigenvalue weighted by atomic mass is 10.0. The number of halogens is 1. The van der Waals surface area contributed by atoms with Crippen molar-refractivity contribution in [3.8, 4) is 5.69 Å². The number of hydrogen-bond acceptors (Lipinski definition) is 4. The molecule has 1 saturated heterocycles. The third-order valence-corrected chi connectivity index (χ3v) is 5.27. The van der Waals surface area contributed by atoms with Crippen LogP contribution < -0.4 is 15.5 Å². The lowest BCUT2D eigenvalue weighted by molar-refractivity contribution is 0.234. The van der Waals surface area contributed by atoms with Crippen LogP contribution in [0.4, 0.5) is 14.9 Å². The van der Waals surface area contributed by atoms with Gasteiger partial charge in [-0.05, 0) is 55.2 Å². The molecule has 1 aromatic heterocycles. The zero-order chi connectivity index (χ0) is 20.9. The molecule has 2 heterocycles. The van der Waals surface area contributed by atoms with Crippen LogP contribution in [0.25, 0.3) is 5.69 Å². The van der Waals surface area contributed by atoms with Crippen LogP contribution in [0.1, 0.15) is 24.0 Å². The number of urea groups is 1. The minimum atomic E-state index is -0.222. The second-order valence-electron chi connectivity index (χ2n) is 7.57. The van der Waals surface area contributed by atoms with Crippen LogP contribution in [0.3, 0.4) is 0 Å². The molecule has 3 aromatic rings. The van der Waals surface area contributed by atoms with Gasteiger partial charge in [-0.1, -0.05) is 18.2 Å². The van der Waals surface area contributed by atoms with E-state index in [2.05, 4.69) is 20.7 Å². The Labute approximate surface area is 174 Å². The van der Waals surface area contributed by atoms with Crippen molar-refractivity contribution in [2.75, 3.05) is 18.0 Å². The highest BCUT2D eigenvalue weighted by Gasteiger charge is 2.23. The first kappa shape index (κ1) is 19.9. The highest BCUT2D eigenvalue weighted by atomic mass is 19.1. The van der Waals surface area contributed by atoms with E-state index in [9.17, 15) is 9.18 Å². The molecular formula is C22H25FN6O. The molecular weight excluding hydrogens is 383 g/mol. The summed E-state index contributed by atoms with van der Waals surface area (Å²) in [5.41, 5.74) is 3.52. The molecule has 0 spiro atoms. The highest BCUT2D eigenvalue weighted by molar-refractivity contribution is 5.74. The highest BCUT2D eigenvalue weighted by Crippen LogP contribution is 2.24. The Morgan fingerprint density at radius 1 is 1.23 bits per heavy atom. The van der Waals surface area contributed by atoms with Crippen LogP contribution >= 0.6 is 0 Å². The number of piperidine rings is 1. The van der Waals surface area contributed by atoms with Crippen molar-refractivity contribution in [2.24, 2.45) is 0 Å². The summed E-state index contributed by atoms with van der Waals surface area (Å²) in [5.74, 6) is -0.222. The van der Waals surface area contributed by atoms with Crippen LogP contribution in [0, 0.1) is 12.7 Å². The molecule has 0 aliphatic carbocycles. The number of hydrogen-bond donors (Lipinski definition) is 2. The Morgan fingerprint density at radius 3 is 2.83 bits per heavy atom. The Morgan fingerprint density at radius 2 is 2.07 bits per heavy atom. The van der Waals surface area contributed by atoms with Crippen molar-refractivity contribution < 1.29 is 9.18 Å². The molecule has 2 amide bonds. The van der Waals surface area contributed by atoms with Gasteiger partial charge < -0.3 is 15.5 Å². The molecule has 1 aliphatic heterocycles. The second kappa shape index (κ2) is 8.94. The predicted octanol–water partition coefficient (Wildman–Crippen LogP) is 3.18. The molecule has 4 rings (SSSR count). The molecule has 1 aliphatic rings. The van der Waals surface area contributed by atoms with E-state index in [1.165, 1.54) is 12.4 Å². The molecule has 1 fully saturated rings. The average Bonchev–Trinajstić information content (AvgIpc) is 3.29. The van der Waals surface area contributed by atoms with Crippen LogP contribution in [0.5, 0.6) is 0 Å². The first-order chi connectivity index (χ1) is 14.6. The van der Waals surface area contributed by atoms with E-state index >= 15 is 0 Å². The van der Waals surface area contributed by atoms with E-state index in [1.807, 2.05) is 42.2 Å². The molecule has 1 atom stereocenters. The van der Waals surface area contributed by atoms with Gasteiger partial charge in [0.15, 0.2) is 0 Å². The zero-order valence-electron chi connectivity index (χ0n) is 16.9. The summed E-state index contributed by atoms with van der Waals surface area (Å²) in [4.78, 5) is 18.3. The maximum atomic E-state index is 14.2. The van der Waals surface area contributed by atoms with E-state index in [1.54, 1.807) is 17.1 Å². The lowest BCUT2D eigenvalue weighted by Crippen LogP contribution is -2.50. The van der Waals surface area contributed by atoms with Crippen molar-refractivity contribution in [2.45, 2.75) is 32.4 Å². The van der Waals surface area contributed by atoms with E-state index in [-0.39, 0.29) is 17.9 Å². The lowest BCUT2D eigenvalue weighted by Gasteiger charge is -2.35. The minimum Gasteiger partial charge on any atom is -0.367 e. The van der Waals surface area contributed by atoms with Crippen molar-refractivity contribution in [3.63, 3.8) is 0 Å². The van der Waals surface area contributed by atoms with Crippen LogP contribution in [0.2, 0.25) is 0 Å². The summed E-state index contributed by atoms with van der Waals surface area (Å²) in [6, 6.07) is 12.6. The summed E-state index contributed by atoms with van der Waals surface area (Å²) in [5, 5.41) is 10.0. The quantitative estimate of drug-likeness (QED) is 0.680. The maximum absolute atomic E-state index is 14.2. The molecule has 0 saturated carbocycles. The van der Waals surface area contributed by atoms with Gasteiger partial charge in [0.1, 0.15) is 18.5 Å². The number of nitrogens with one attached hydrogen (secondary N) is 2. The molecule has 0 radical (unpaired) electrons. The maximum Gasteiger partial charge on any atom is 0.315 e. The van der Waals surface area contributed by atoms with Crippen molar-refractivity contribution in [3.05, 3.63) is 72.1 Å². The van der Waals surface area contributed by atoms with E-state index in [0.717, 1.165) is 36.2 Å². The number of carbonyl (C=O) groups is 1. The number of benzene rings is 2. The Kier molecular flexibility index (Phi) is 5.92. The fraction of sp³-hybridized carbons (Fsp3) is 0.318. The average molecular weight is 408 g/mol. The number of anilines is 1. The molecule has 7 nitrogen and oxygen atoms in total. The number of nitrogens with zero attached hydrogens (tertiary/aromatic N) is 4. The van der Waals surface area contributed by atoms with Crippen molar-refractivity contribution in [1.82, 2.24) is 25.4 Å². The summed E-state index contributed by atoms with van der Waals surface area (Å²) < 4.78 is 15.9. The fourth-order valence-electron chi connectivity index (χ4n) is 3.71. The van der Waals surface area contributed by atoms with Gasteiger partial charge in [0.2, 0.25) is 0 Å². The smallest absolute Gasteiger partial charge is 0.315 e. The standard InChI is InChI=1S/C22H25FN6O/c1-16-4-9-20(23)21(11-16)28-10-2-3-18(13-28)27-22(30)25-12-17-5-7-19(8-6-17)29-15-24-14-26-29/h4-9,11,14-15,18H,2-3,10,12-13H2,1H3,(H2,25,27,30). The molecule has 2 aromatic carbocycles. The third-order valence-electron chi connectivity index (χ3n) is 5.27. The molecule has 156 valence electrons. The number of aryl methyl sites for hydroxylation is 1. The van der Waals surface area contributed by atoms with E-state index in [4.69, 9.17) is 0 Å². The number of rotatable bonds is 5. The van der Waals surface area contributed by atoms with Gasteiger partial charge >= 0.3 is 6.03 Å².